The molecule has 1 aromatic rings. The van der Waals surface area contributed by atoms with Crippen molar-refractivity contribution in [1.82, 2.24) is 15.0 Å². The van der Waals surface area contributed by atoms with Gasteiger partial charge in [0.05, 0.1) is 18.4 Å². The molecule has 0 aromatic carbocycles. The van der Waals surface area contributed by atoms with Crippen molar-refractivity contribution in [2.24, 2.45) is 5.73 Å². The average molecular weight is 158 g/mol. The Morgan fingerprint density at radius 3 is 3.09 bits per heavy atom. The highest BCUT2D eigenvalue weighted by Gasteiger charge is 2.06. The van der Waals surface area contributed by atoms with Crippen molar-refractivity contribution >= 4 is 0 Å². The Morgan fingerprint density at radius 1 is 1.82 bits per heavy atom. The summed E-state index contributed by atoms with van der Waals surface area (Å²) >= 11 is 0. The highest BCUT2D eigenvalue weighted by molar-refractivity contribution is 4.98. The molecule has 0 bridgehead atoms. The van der Waals surface area contributed by atoms with Gasteiger partial charge in [0.1, 0.15) is 6.67 Å². The Morgan fingerprint density at radius 2 is 2.55 bits per heavy atom. The van der Waals surface area contributed by atoms with E-state index in [1.54, 1.807) is 6.20 Å². The van der Waals surface area contributed by atoms with Gasteiger partial charge in [0.15, 0.2) is 0 Å². The zero-order valence-electron chi connectivity index (χ0n) is 6.37. The molecule has 0 fully saturated rings. The number of nitrogens with zero attached hydrogens (tertiary/aromatic N) is 3. The molecular weight excluding hydrogens is 147 g/mol. The molecule has 4 nitrogen and oxygen atoms in total. The maximum atomic E-state index is 11.9. The molecule has 0 radical (unpaired) electrons. The number of hydrogen-bond acceptors (Lipinski definition) is 3. The van der Waals surface area contributed by atoms with Gasteiger partial charge in [0.2, 0.25) is 0 Å². The number of rotatable bonds is 3. The summed E-state index contributed by atoms with van der Waals surface area (Å²) in [6, 6.07) is -0.142. The zero-order valence-corrected chi connectivity index (χ0v) is 6.37. The second-order valence-corrected chi connectivity index (χ2v) is 2.36. The lowest BCUT2D eigenvalue weighted by molar-refractivity contribution is 0.411. The summed E-state index contributed by atoms with van der Waals surface area (Å²) < 4.78 is 13.3. The topological polar surface area (TPSA) is 56.7 Å². The van der Waals surface area contributed by atoms with Crippen molar-refractivity contribution in [1.29, 1.82) is 0 Å². The van der Waals surface area contributed by atoms with Crippen LogP contribution < -0.4 is 5.73 Å². The van der Waals surface area contributed by atoms with Gasteiger partial charge in [0, 0.05) is 6.04 Å². The smallest absolute Gasteiger partial charge is 0.109 e. The van der Waals surface area contributed by atoms with Gasteiger partial charge in [-0.2, -0.15) is 0 Å². The quantitative estimate of drug-likeness (QED) is 0.686. The van der Waals surface area contributed by atoms with E-state index in [9.17, 15) is 4.39 Å². The lowest BCUT2D eigenvalue weighted by Gasteiger charge is -2.05. The first-order valence-electron chi connectivity index (χ1n) is 3.45. The zero-order chi connectivity index (χ0) is 8.27. The van der Waals surface area contributed by atoms with Crippen molar-refractivity contribution in [2.45, 2.75) is 19.5 Å². The third-order valence-corrected chi connectivity index (χ3v) is 1.41. The first kappa shape index (κ1) is 8.13. The summed E-state index contributed by atoms with van der Waals surface area (Å²) in [5.74, 6) is 0. The van der Waals surface area contributed by atoms with Crippen LogP contribution in [0.25, 0.3) is 0 Å². The third-order valence-electron chi connectivity index (χ3n) is 1.41. The van der Waals surface area contributed by atoms with E-state index in [4.69, 9.17) is 5.73 Å². The molecule has 0 aliphatic carbocycles. The second-order valence-electron chi connectivity index (χ2n) is 2.36. The van der Waals surface area contributed by atoms with Gasteiger partial charge in [-0.3, -0.25) is 0 Å². The molecule has 0 aliphatic heterocycles. The van der Waals surface area contributed by atoms with Crippen molar-refractivity contribution in [2.75, 3.05) is 6.67 Å². The molecule has 5 heteroatoms. The van der Waals surface area contributed by atoms with Gasteiger partial charge in [0.25, 0.3) is 0 Å². The average Bonchev–Trinajstić information content (AvgIpc) is 2.36. The normalized spacial score (nSPS) is 13.4. The fourth-order valence-electron chi connectivity index (χ4n) is 0.872. The first-order chi connectivity index (χ1) is 5.25. The van der Waals surface area contributed by atoms with E-state index in [0.29, 0.717) is 0 Å². The van der Waals surface area contributed by atoms with E-state index in [1.807, 2.05) is 6.92 Å². The number of hydrogen-bond donors (Lipinski definition) is 1. The lowest BCUT2D eigenvalue weighted by atomic mass is 10.3. The van der Waals surface area contributed by atoms with Crippen molar-refractivity contribution in [3.8, 4) is 0 Å². The molecule has 0 amide bonds. The number of aromatic nitrogens is 3. The van der Waals surface area contributed by atoms with E-state index < -0.39 is 6.67 Å². The molecule has 0 saturated heterocycles. The molecule has 0 aliphatic rings. The minimum Gasteiger partial charge on any atom is -0.323 e. The minimum absolute atomic E-state index is 0.142. The van der Waals surface area contributed by atoms with Crippen molar-refractivity contribution in [3.63, 3.8) is 0 Å². The van der Waals surface area contributed by atoms with Crippen LogP contribution in [-0.2, 0) is 6.54 Å². The molecule has 1 unspecified atom stereocenters. The van der Waals surface area contributed by atoms with Crippen LogP contribution in [0.5, 0.6) is 0 Å². The molecule has 1 heterocycles. The van der Waals surface area contributed by atoms with E-state index in [2.05, 4.69) is 10.3 Å². The second kappa shape index (κ2) is 3.43. The number of aryl methyl sites for hydroxylation is 1. The summed E-state index contributed by atoms with van der Waals surface area (Å²) in [7, 11) is 0. The SMILES string of the molecule is CC(N)c1cnnn1CCF. The maximum Gasteiger partial charge on any atom is 0.109 e. The molecule has 2 N–H and O–H groups in total. The third kappa shape index (κ3) is 1.74. The maximum absolute atomic E-state index is 11.9. The minimum atomic E-state index is -0.441. The fourth-order valence-corrected chi connectivity index (χ4v) is 0.872. The van der Waals surface area contributed by atoms with Gasteiger partial charge < -0.3 is 5.73 Å². The van der Waals surface area contributed by atoms with Gasteiger partial charge in [-0.05, 0) is 6.92 Å². The van der Waals surface area contributed by atoms with Gasteiger partial charge in [-0.15, -0.1) is 5.10 Å². The molecule has 0 spiro atoms. The Bertz CT molecular complexity index is 220. The van der Waals surface area contributed by atoms with Crippen LogP contribution in [0.15, 0.2) is 6.20 Å². The Labute approximate surface area is 64.2 Å². The summed E-state index contributed by atoms with van der Waals surface area (Å²) in [4.78, 5) is 0. The largest absolute Gasteiger partial charge is 0.323 e. The van der Waals surface area contributed by atoms with E-state index in [1.165, 1.54) is 4.68 Å². The summed E-state index contributed by atoms with van der Waals surface area (Å²) in [6.45, 7) is 1.60. The predicted octanol–water partition coefficient (Wildman–Crippen LogP) is 0.267. The van der Waals surface area contributed by atoms with Crippen LogP contribution >= 0.6 is 0 Å². The predicted molar refractivity (Wildman–Crippen MR) is 38.6 cm³/mol. The van der Waals surface area contributed by atoms with Crippen LogP contribution in [0.1, 0.15) is 18.7 Å². The van der Waals surface area contributed by atoms with Crippen LogP contribution in [0.2, 0.25) is 0 Å². The molecule has 62 valence electrons. The Kier molecular flexibility index (Phi) is 2.53. The van der Waals surface area contributed by atoms with Crippen molar-refractivity contribution < 1.29 is 4.39 Å². The fraction of sp³-hybridized carbons (Fsp3) is 0.667. The summed E-state index contributed by atoms with van der Waals surface area (Å²) in [6.07, 6.45) is 1.56. The molecule has 11 heavy (non-hydrogen) atoms. The lowest BCUT2D eigenvalue weighted by Crippen LogP contribution is -2.14. The van der Waals surface area contributed by atoms with E-state index in [-0.39, 0.29) is 12.6 Å². The van der Waals surface area contributed by atoms with E-state index in [0.717, 1.165) is 5.69 Å². The molecule has 1 aromatic heterocycles. The molecule has 1 atom stereocenters. The number of halogens is 1. The van der Waals surface area contributed by atoms with Crippen LogP contribution in [0, 0.1) is 0 Å². The first-order valence-corrected chi connectivity index (χ1v) is 3.45. The van der Waals surface area contributed by atoms with Gasteiger partial charge >= 0.3 is 0 Å². The molecule has 1 rings (SSSR count). The van der Waals surface area contributed by atoms with E-state index >= 15 is 0 Å². The molecule has 0 saturated carbocycles. The molecular formula is C6H11FN4. The van der Waals surface area contributed by atoms with Crippen LogP contribution in [-0.4, -0.2) is 21.7 Å². The monoisotopic (exact) mass is 158 g/mol. The van der Waals surface area contributed by atoms with Gasteiger partial charge in [-0.25, -0.2) is 9.07 Å². The standard InChI is InChI=1S/C6H11FN4/c1-5(8)6-4-9-10-11(6)3-2-7/h4-5H,2-3,8H2,1H3. The van der Waals surface area contributed by atoms with Crippen LogP contribution in [0.3, 0.4) is 0 Å². The van der Waals surface area contributed by atoms with Gasteiger partial charge in [-0.1, -0.05) is 5.21 Å². The summed E-state index contributed by atoms with van der Waals surface area (Å²) in [5, 5.41) is 7.30. The van der Waals surface area contributed by atoms with Crippen LogP contribution in [0.4, 0.5) is 4.39 Å². The highest BCUT2D eigenvalue weighted by atomic mass is 19.1. The van der Waals surface area contributed by atoms with Crippen molar-refractivity contribution in [3.05, 3.63) is 11.9 Å². The summed E-state index contributed by atoms with van der Waals surface area (Å²) in [5.41, 5.74) is 6.33. The highest BCUT2D eigenvalue weighted by Crippen LogP contribution is 2.05. The Hall–Kier alpha value is -0.970. The number of alkyl halides is 1. The number of nitrogens with two attached hydrogens (primary N) is 1. The Balaban J connectivity index is 2.78.